The molecular weight excluding hydrogens is 322 g/mol. The van der Waals surface area contributed by atoms with Gasteiger partial charge in [-0.3, -0.25) is 4.79 Å². The highest BCUT2D eigenvalue weighted by atomic mass is 19.2. The van der Waals surface area contributed by atoms with Crippen LogP contribution in [-0.4, -0.2) is 16.9 Å². The number of aromatic amines is 1. The molecule has 25 heavy (non-hydrogen) atoms. The first kappa shape index (κ1) is 17.5. The molecule has 1 fully saturated rings. The van der Waals surface area contributed by atoms with E-state index in [1.54, 1.807) is 6.92 Å². The number of hydrogen-bond donors (Lipinski definition) is 2. The Morgan fingerprint density at radius 3 is 2.80 bits per heavy atom. The van der Waals surface area contributed by atoms with E-state index in [0.29, 0.717) is 17.5 Å². The molecule has 2 atom stereocenters. The summed E-state index contributed by atoms with van der Waals surface area (Å²) in [7, 11) is 0. The second kappa shape index (κ2) is 6.87. The normalized spacial score (nSPS) is 20.2. The molecule has 0 saturated heterocycles. The van der Waals surface area contributed by atoms with Crippen LogP contribution in [0.2, 0.25) is 0 Å². The van der Waals surface area contributed by atoms with Gasteiger partial charge < -0.3 is 10.3 Å². The second-order valence-corrected chi connectivity index (χ2v) is 6.79. The summed E-state index contributed by atoms with van der Waals surface area (Å²) < 4.78 is 28.8. The van der Waals surface area contributed by atoms with Crippen molar-refractivity contribution in [2.45, 2.75) is 58.4 Å². The third-order valence-corrected chi connectivity index (χ3v) is 5.17. The predicted molar refractivity (Wildman–Crippen MR) is 94.3 cm³/mol. The van der Waals surface area contributed by atoms with Crippen LogP contribution in [0.3, 0.4) is 0 Å². The number of carbonyl (C=O) groups is 1. The molecule has 1 aromatic carbocycles. The number of aryl methyl sites for hydroxylation is 2. The van der Waals surface area contributed by atoms with Gasteiger partial charge in [-0.15, -0.1) is 0 Å². The first-order valence-corrected chi connectivity index (χ1v) is 8.62. The van der Waals surface area contributed by atoms with Crippen molar-refractivity contribution in [1.82, 2.24) is 10.3 Å². The molecule has 0 unspecified atom stereocenters. The van der Waals surface area contributed by atoms with E-state index in [9.17, 15) is 13.6 Å². The number of halogens is 2. The van der Waals surface area contributed by atoms with Crippen molar-refractivity contribution < 1.29 is 13.6 Å². The van der Waals surface area contributed by atoms with Crippen LogP contribution in [-0.2, 0) is 4.79 Å². The lowest BCUT2D eigenvalue weighted by molar-refractivity contribution is -0.116. The van der Waals surface area contributed by atoms with Crippen LogP contribution in [0.15, 0.2) is 6.07 Å². The topological polar surface area (TPSA) is 44.9 Å². The van der Waals surface area contributed by atoms with Gasteiger partial charge in [0.25, 0.3) is 5.91 Å². The van der Waals surface area contributed by atoms with Gasteiger partial charge in [0.05, 0.1) is 0 Å². The summed E-state index contributed by atoms with van der Waals surface area (Å²) in [5.74, 6) is 3.02. The lowest BCUT2D eigenvalue weighted by Gasteiger charge is -2.30. The van der Waals surface area contributed by atoms with E-state index in [-0.39, 0.29) is 17.9 Å². The zero-order valence-electron chi connectivity index (χ0n) is 14.7. The van der Waals surface area contributed by atoms with E-state index in [1.807, 2.05) is 13.8 Å². The number of benzene rings is 1. The number of carbonyl (C=O) groups excluding carboxylic acids is 1. The molecule has 2 aromatic rings. The Kier molecular flexibility index (Phi) is 4.80. The third kappa shape index (κ3) is 3.26. The highest BCUT2D eigenvalue weighted by molar-refractivity contribution is 5.93. The Morgan fingerprint density at radius 1 is 1.32 bits per heavy atom. The second-order valence-electron chi connectivity index (χ2n) is 6.79. The number of rotatable bonds is 2. The largest absolute Gasteiger partial charge is 0.358 e. The van der Waals surface area contributed by atoms with Crippen molar-refractivity contribution in [3.8, 4) is 11.8 Å². The molecule has 1 amide bonds. The summed E-state index contributed by atoms with van der Waals surface area (Å²) >= 11 is 0. The minimum Gasteiger partial charge on any atom is -0.358 e. The minimum absolute atomic E-state index is 0.0647. The van der Waals surface area contributed by atoms with Crippen molar-refractivity contribution in [1.29, 1.82) is 0 Å². The fraction of sp³-hybridized carbons (Fsp3) is 0.450. The van der Waals surface area contributed by atoms with E-state index in [2.05, 4.69) is 22.1 Å². The van der Waals surface area contributed by atoms with Crippen LogP contribution in [0.4, 0.5) is 8.78 Å². The first-order valence-electron chi connectivity index (χ1n) is 8.62. The van der Waals surface area contributed by atoms with Crippen molar-refractivity contribution in [3.05, 3.63) is 34.5 Å². The Balaban J connectivity index is 1.99. The molecular formula is C20H22F2N2O. The molecule has 0 spiro atoms. The number of amides is 1. The molecule has 0 bridgehead atoms. The first-order chi connectivity index (χ1) is 11.9. The van der Waals surface area contributed by atoms with Crippen LogP contribution in [0, 0.1) is 37.3 Å². The van der Waals surface area contributed by atoms with Crippen molar-refractivity contribution in [3.63, 3.8) is 0 Å². The molecule has 2 N–H and O–H groups in total. The van der Waals surface area contributed by atoms with Gasteiger partial charge in [0.15, 0.2) is 11.6 Å². The maximum atomic E-state index is 14.7. The Hall–Kier alpha value is -2.35. The van der Waals surface area contributed by atoms with Gasteiger partial charge in [-0.1, -0.05) is 12.3 Å². The van der Waals surface area contributed by atoms with E-state index >= 15 is 0 Å². The molecule has 1 aromatic heterocycles. The van der Waals surface area contributed by atoms with E-state index in [1.165, 1.54) is 6.07 Å². The van der Waals surface area contributed by atoms with Crippen molar-refractivity contribution in [2.75, 3.05) is 0 Å². The smallest absolute Gasteiger partial charge is 0.296 e. The minimum atomic E-state index is -0.827. The van der Waals surface area contributed by atoms with Crippen molar-refractivity contribution in [2.24, 2.45) is 0 Å². The van der Waals surface area contributed by atoms with E-state index < -0.39 is 11.6 Å². The summed E-state index contributed by atoms with van der Waals surface area (Å²) in [5, 5.41) is 3.66. The van der Waals surface area contributed by atoms with E-state index in [0.717, 1.165) is 35.9 Å². The monoisotopic (exact) mass is 344 g/mol. The number of nitrogens with one attached hydrogen (secondary N) is 2. The van der Waals surface area contributed by atoms with Gasteiger partial charge in [0.2, 0.25) is 0 Å². The number of H-pyrrole nitrogens is 1. The van der Waals surface area contributed by atoms with Gasteiger partial charge in [-0.2, -0.15) is 0 Å². The van der Waals surface area contributed by atoms with Crippen LogP contribution in [0.5, 0.6) is 0 Å². The van der Waals surface area contributed by atoms with Gasteiger partial charge >= 0.3 is 0 Å². The zero-order valence-corrected chi connectivity index (χ0v) is 14.7. The van der Waals surface area contributed by atoms with Crippen LogP contribution in [0.1, 0.15) is 55.3 Å². The van der Waals surface area contributed by atoms with Crippen molar-refractivity contribution >= 4 is 16.8 Å². The average molecular weight is 344 g/mol. The maximum absolute atomic E-state index is 14.7. The Bertz CT molecular complexity index is 889. The van der Waals surface area contributed by atoms with Gasteiger partial charge in [-0.05, 0) is 57.4 Å². The molecule has 132 valence electrons. The highest BCUT2D eigenvalue weighted by Crippen LogP contribution is 2.40. The van der Waals surface area contributed by atoms with Crippen LogP contribution >= 0.6 is 0 Å². The summed E-state index contributed by atoms with van der Waals surface area (Å²) in [5.41, 5.74) is 2.94. The quantitative estimate of drug-likeness (QED) is 0.787. The Morgan fingerprint density at radius 2 is 2.08 bits per heavy atom. The van der Waals surface area contributed by atoms with Gasteiger partial charge in [-0.25, -0.2) is 8.78 Å². The number of fused-ring (bicyclic) bond motifs is 1. The summed E-state index contributed by atoms with van der Waals surface area (Å²) in [4.78, 5) is 14.9. The third-order valence-electron chi connectivity index (χ3n) is 5.17. The van der Waals surface area contributed by atoms with Crippen LogP contribution in [0.25, 0.3) is 10.9 Å². The molecule has 0 radical (unpaired) electrons. The molecule has 1 heterocycles. The highest BCUT2D eigenvalue weighted by Gasteiger charge is 2.30. The molecule has 1 aliphatic carbocycles. The average Bonchev–Trinajstić information content (AvgIpc) is 2.83. The van der Waals surface area contributed by atoms with Crippen LogP contribution < -0.4 is 5.32 Å². The fourth-order valence-corrected chi connectivity index (χ4v) is 3.93. The van der Waals surface area contributed by atoms with Gasteiger partial charge in [0.1, 0.15) is 0 Å². The fourth-order valence-electron chi connectivity index (χ4n) is 3.93. The summed E-state index contributed by atoms with van der Waals surface area (Å²) in [6, 6.07) is 1.16. The molecule has 0 aliphatic heterocycles. The number of hydrogen-bond acceptors (Lipinski definition) is 1. The number of aromatic nitrogens is 1. The zero-order chi connectivity index (χ0) is 18.1. The Labute approximate surface area is 146 Å². The summed E-state index contributed by atoms with van der Waals surface area (Å²) in [6.45, 7) is 5.44. The lowest BCUT2D eigenvalue weighted by Crippen LogP contribution is -2.37. The predicted octanol–water partition coefficient (Wildman–Crippen LogP) is 4.23. The van der Waals surface area contributed by atoms with Gasteiger partial charge in [0, 0.05) is 34.3 Å². The SMILES string of the molecule is CC#CC(=O)N[C@@H]1CCC[C@@H](c2c(F)c(F)cc3[nH]c(C)c(C)c23)C1. The molecule has 1 saturated carbocycles. The lowest BCUT2D eigenvalue weighted by atomic mass is 9.79. The molecule has 5 heteroatoms. The standard InChI is InChI=1S/C20H22F2N2O/c1-4-6-17(25)24-14-8-5-7-13(9-14)19-18-11(2)12(3)23-16(18)10-15(21)20(19)22/h10,13-14,23H,5,7-9H2,1-3H3,(H,24,25)/t13-,14-/m1/s1. The summed E-state index contributed by atoms with van der Waals surface area (Å²) in [6.07, 6.45) is 3.06. The molecule has 1 aliphatic rings. The van der Waals surface area contributed by atoms with E-state index in [4.69, 9.17) is 0 Å². The molecule has 3 rings (SSSR count). The molecule has 3 nitrogen and oxygen atoms in total. The maximum Gasteiger partial charge on any atom is 0.296 e.